The Morgan fingerprint density at radius 2 is 0.969 bits per heavy atom. The minimum atomic E-state index is -8.32. The van der Waals surface area contributed by atoms with Crippen LogP contribution in [0.1, 0.15) is 0 Å². The molecule has 0 saturated carbocycles. The van der Waals surface area contributed by atoms with E-state index >= 15 is 0 Å². The molecule has 0 aliphatic carbocycles. The smallest absolute Gasteiger partial charge is 0.460 e. The van der Waals surface area contributed by atoms with Crippen molar-refractivity contribution in [2.45, 2.75) is 41.7 Å². The van der Waals surface area contributed by atoms with Gasteiger partial charge in [-0.2, -0.15) is 65.9 Å². The third-order valence-corrected chi connectivity index (χ3v) is 3.80. The highest BCUT2D eigenvalue weighted by Gasteiger charge is 2.93. The minimum Gasteiger partial charge on any atom is -0.497 e. The fraction of sp³-hybridized carbons (Fsp3) is 0.533. The number of hydrogen-bond donors (Lipinski definition) is 0. The maximum absolute atomic E-state index is 13.6. The summed E-state index contributed by atoms with van der Waals surface area (Å²) in [4.78, 5) is 2.56. The van der Waals surface area contributed by atoms with Crippen LogP contribution in [-0.2, 0) is 0 Å². The maximum atomic E-state index is 13.6. The SMILES string of the molecule is COc1ccc(N=CC(F)(F)C(F)(F)C(F)(F)C(F)(F)C(F)(F)C(F)(F)C(F)(F)F)cc1. The zero-order valence-electron chi connectivity index (χ0n) is 14.9. The summed E-state index contributed by atoms with van der Waals surface area (Å²) in [6, 6.07) is 3.47. The lowest BCUT2D eigenvalue weighted by Crippen LogP contribution is -2.72. The Hall–Kier alpha value is -2.36. The van der Waals surface area contributed by atoms with Gasteiger partial charge >= 0.3 is 41.7 Å². The van der Waals surface area contributed by atoms with Crippen LogP contribution in [0.5, 0.6) is 5.75 Å². The van der Waals surface area contributed by atoms with Crippen LogP contribution in [0, 0.1) is 0 Å². The molecule has 1 aromatic carbocycles. The van der Waals surface area contributed by atoms with Crippen LogP contribution >= 0.6 is 0 Å². The number of hydrogen-bond acceptors (Lipinski definition) is 2. The number of halogens is 15. The van der Waals surface area contributed by atoms with Gasteiger partial charge in [0.15, 0.2) is 0 Å². The molecule has 0 aliphatic heterocycles. The summed E-state index contributed by atoms with van der Waals surface area (Å²) >= 11 is 0. The molecule has 0 bridgehead atoms. The molecular formula is C15H8F15NO. The van der Waals surface area contributed by atoms with E-state index in [4.69, 9.17) is 0 Å². The minimum absolute atomic E-state index is 0.0556. The van der Waals surface area contributed by atoms with E-state index in [2.05, 4.69) is 9.73 Å². The van der Waals surface area contributed by atoms with Crippen molar-refractivity contribution in [2.24, 2.45) is 4.99 Å². The van der Waals surface area contributed by atoms with E-state index in [1.54, 1.807) is 0 Å². The van der Waals surface area contributed by atoms with E-state index in [0.717, 1.165) is 31.4 Å². The van der Waals surface area contributed by atoms with Crippen molar-refractivity contribution >= 4 is 11.9 Å². The maximum Gasteiger partial charge on any atom is 0.460 e. The van der Waals surface area contributed by atoms with Crippen LogP contribution in [-0.4, -0.2) is 55.0 Å². The van der Waals surface area contributed by atoms with Crippen LogP contribution in [0.3, 0.4) is 0 Å². The van der Waals surface area contributed by atoms with Crippen molar-refractivity contribution in [3.63, 3.8) is 0 Å². The first-order valence-corrected chi connectivity index (χ1v) is 7.54. The van der Waals surface area contributed by atoms with Crippen molar-refractivity contribution < 1.29 is 70.6 Å². The van der Waals surface area contributed by atoms with Crippen LogP contribution in [0.25, 0.3) is 0 Å². The molecule has 0 fully saturated rings. The number of alkyl halides is 15. The molecule has 1 aromatic rings. The van der Waals surface area contributed by atoms with Gasteiger partial charge in [0.05, 0.1) is 19.0 Å². The van der Waals surface area contributed by atoms with E-state index in [1.165, 1.54) is 0 Å². The van der Waals surface area contributed by atoms with Crippen LogP contribution in [0.4, 0.5) is 71.5 Å². The van der Waals surface area contributed by atoms with Crippen molar-refractivity contribution in [3.8, 4) is 5.75 Å². The van der Waals surface area contributed by atoms with Crippen LogP contribution in [0.15, 0.2) is 29.3 Å². The standard InChI is InChI=1S/C15H8F15NO/c1-32-8-4-2-7(3-5-8)31-6-9(16,17)10(18,19)11(20,21)12(22,23)13(24,25)14(26,27)15(28,29)30/h2-6H,1H3. The summed E-state index contributed by atoms with van der Waals surface area (Å²) in [7, 11) is 1.13. The molecule has 184 valence electrons. The molecule has 2 nitrogen and oxygen atoms in total. The Bertz CT molecular complexity index is 826. The summed E-state index contributed by atoms with van der Waals surface area (Å²) in [5.41, 5.74) is -0.703. The Kier molecular flexibility index (Phi) is 6.83. The van der Waals surface area contributed by atoms with Gasteiger partial charge in [0.2, 0.25) is 0 Å². The summed E-state index contributed by atoms with van der Waals surface area (Å²) in [5.74, 6) is -46.8. The second kappa shape index (κ2) is 7.90. The fourth-order valence-corrected chi connectivity index (χ4v) is 1.88. The lowest BCUT2D eigenvalue weighted by Gasteiger charge is -2.40. The summed E-state index contributed by atoms with van der Waals surface area (Å²) in [6.45, 7) is 0. The normalized spacial score (nSPS) is 15.4. The average molecular weight is 503 g/mol. The molecule has 0 unspecified atom stereocenters. The van der Waals surface area contributed by atoms with Gasteiger partial charge < -0.3 is 4.74 Å². The molecule has 0 aliphatic rings. The van der Waals surface area contributed by atoms with Gasteiger partial charge in [-0.3, -0.25) is 4.99 Å². The highest BCUT2D eigenvalue weighted by Crippen LogP contribution is 2.62. The van der Waals surface area contributed by atoms with E-state index in [9.17, 15) is 65.9 Å². The molecule has 0 aromatic heterocycles. The third-order valence-electron chi connectivity index (χ3n) is 3.80. The average Bonchev–Trinajstić information content (AvgIpc) is 2.65. The van der Waals surface area contributed by atoms with Gasteiger partial charge in [0.25, 0.3) is 0 Å². The Morgan fingerprint density at radius 1 is 0.594 bits per heavy atom. The Morgan fingerprint density at radius 3 is 1.34 bits per heavy atom. The molecule has 0 heterocycles. The number of nitrogens with zero attached hydrogens (tertiary/aromatic N) is 1. The molecule has 0 atom stereocenters. The van der Waals surface area contributed by atoms with Gasteiger partial charge in [-0.25, -0.2) is 0 Å². The van der Waals surface area contributed by atoms with Crippen molar-refractivity contribution in [1.82, 2.24) is 0 Å². The number of ether oxygens (including phenoxy) is 1. The number of methoxy groups -OCH3 is 1. The van der Waals surface area contributed by atoms with E-state index in [-0.39, 0.29) is 5.75 Å². The zero-order chi connectivity index (χ0) is 25.6. The van der Waals surface area contributed by atoms with Gasteiger partial charge in [0.1, 0.15) is 5.75 Å². The van der Waals surface area contributed by atoms with Crippen LogP contribution < -0.4 is 4.74 Å². The highest BCUT2D eigenvalue weighted by molar-refractivity contribution is 5.72. The number of aliphatic imine (C=N–C) groups is 1. The van der Waals surface area contributed by atoms with Crippen molar-refractivity contribution in [1.29, 1.82) is 0 Å². The predicted octanol–water partition coefficient (Wildman–Crippen LogP) is 6.77. The number of benzene rings is 1. The first-order valence-electron chi connectivity index (χ1n) is 7.54. The Balaban J connectivity index is 3.45. The van der Waals surface area contributed by atoms with E-state index in [0.29, 0.717) is 0 Å². The number of rotatable bonds is 8. The third kappa shape index (κ3) is 4.04. The van der Waals surface area contributed by atoms with E-state index < -0.39 is 53.6 Å². The largest absolute Gasteiger partial charge is 0.497 e. The quantitative estimate of drug-likeness (QED) is 0.284. The van der Waals surface area contributed by atoms with Crippen molar-refractivity contribution in [3.05, 3.63) is 24.3 Å². The summed E-state index contributed by atoms with van der Waals surface area (Å²) in [6.07, 6.45) is -9.03. The van der Waals surface area contributed by atoms with Gasteiger partial charge in [0, 0.05) is 0 Å². The molecule has 0 amide bonds. The van der Waals surface area contributed by atoms with Gasteiger partial charge in [-0.15, -0.1) is 0 Å². The zero-order valence-corrected chi connectivity index (χ0v) is 14.9. The van der Waals surface area contributed by atoms with Gasteiger partial charge in [-0.05, 0) is 24.3 Å². The molecule has 0 radical (unpaired) electrons. The predicted molar refractivity (Wildman–Crippen MR) is 76.9 cm³/mol. The lowest BCUT2D eigenvalue weighted by molar-refractivity contribution is -0.448. The van der Waals surface area contributed by atoms with Crippen molar-refractivity contribution in [2.75, 3.05) is 7.11 Å². The fourth-order valence-electron chi connectivity index (χ4n) is 1.88. The molecule has 0 saturated heterocycles. The monoisotopic (exact) mass is 503 g/mol. The first-order chi connectivity index (χ1) is 14.0. The second-order valence-electron chi connectivity index (χ2n) is 5.95. The first kappa shape index (κ1) is 27.7. The van der Waals surface area contributed by atoms with Gasteiger partial charge in [-0.1, -0.05) is 0 Å². The topological polar surface area (TPSA) is 21.6 Å². The molecule has 1 rings (SSSR count). The van der Waals surface area contributed by atoms with E-state index in [1.807, 2.05) is 0 Å². The summed E-state index contributed by atoms with van der Waals surface area (Å²) < 4.78 is 200. The lowest BCUT2D eigenvalue weighted by atomic mass is 9.91. The second-order valence-corrected chi connectivity index (χ2v) is 5.95. The highest BCUT2D eigenvalue weighted by atomic mass is 19.4. The summed E-state index contributed by atoms with van der Waals surface area (Å²) in [5, 5.41) is 0. The van der Waals surface area contributed by atoms with Crippen LogP contribution in [0.2, 0.25) is 0 Å². The molecule has 32 heavy (non-hydrogen) atoms. The molecule has 0 N–H and O–H groups in total. The molecule has 17 heteroatoms. The molecule has 0 spiro atoms. The molecular weight excluding hydrogens is 495 g/mol. The Labute approximate surface area is 167 Å².